The zero-order valence-corrected chi connectivity index (χ0v) is 20.7. The third-order valence-electron chi connectivity index (χ3n) is 6.28. The molecule has 0 radical (unpaired) electrons. The van der Waals surface area contributed by atoms with Crippen LogP contribution >= 0.6 is 11.6 Å². The first kappa shape index (κ1) is 24.9. The Hall–Kier alpha value is -3.17. The summed E-state index contributed by atoms with van der Waals surface area (Å²) in [5.41, 5.74) is 4.83. The molecule has 0 spiro atoms. The second kappa shape index (κ2) is 10.6. The second-order valence-corrected chi connectivity index (χ2v) is 9.48. The van der Waals surface area contributed by atoms with Gasteiger partial charge in [0.15, 0.2) is 0 Å². The molecule has 3 aromatic rings. The normalized spacial score (nSPS) is 14.1. The number of carboxylic acid groups (broad SMARTS) is 1. The highest BCUT2D eigenvalue weighted by molar-refractivity contribution is 6.31. The maximum atomic E-state index is 11.3. The van der Waals surface area contributed by atoms with Crippen molar-refractivity contribution in [2.75, 3.05) is 25.8 Å². The first-order valence-corrected chi connectivity index (χ1v) is 11.9. The Balaban J connectivity index is 1.74. The second-order valence-electron chi connectivity index (χ2n) is 9.04. The topological polar surface area (TPSA) is 109 Å². The van der Waals surface area contributed by atoms with Gasteiger partial charge in [0.05, 0.1) is 29.4 Å². The summed E-state index contributed by atoms with van der Waals surface area (Å²) in [6, 6.07) is 16.7. The summed E-state index contributed by atoms with van der Waals surface area (Å²) in [6.07, 6.45) is 5.32. The number of halogens is 1. The van der Waals surface area contributed by atoms with Crippen LogP contribution in [-0.4, -0.2) is 36.9 Å². The molecule has 0 amide bonds. The molecule has 1 heterocycles. The van der Waals surface area contributed by atoms with Crippen LogP contribution in [0, 0.1) is 5.92 Å². The smallest absolute Gasteiger partial charge is 0.335 e. The van der Waals surface area contributed by atoms with Crippen LogP contribution in [0.2, 0.25) is 5.02 Å². The number of carbonyl (C=O) groups is 1. The van der Waals surface area contributed by atoms with Crippen molar-refractivity contribution in [3.05, 3.63) is 82.6 Å². The molecule has 1 aromatic heterocycles. The van der Waals surface area contributed by atoms with Gasteiger partial charge in [-0.1, -0.05) is 36.6 Å². The lowest BCUT2D eigenvalue weighted by Gasteiger charge is -2.25. The van der Waals surface area contributed by atoms with Gasteiger partial charge in [0.2, 0.25) is 11.9 Å². The van der Waals surface area contributed by atoms with E-state index in [-0.39, 0.29) is 11.5 Å². The highest BCUT2D eigenvalue weighted by Gasteiger charge is 2.33. The van der Waals surface area contributed by atoms with Crippen molar-refractivity contribution in [3.8, 4) is 11.1 Å². The minimum atomic E-state index is -0.932. The van der Waals surface area contributed by atoms with E-state index in [0.29, 0.717) is 17.6 Å². The molecule has 1 fully saturated rings. The van der Waals surface area contributed by atoms with E-state index >= 15 is 0 Å². The number of aromatic carboxylic acids is 1. The summed E-state index contributed by atoms with van der Waals surface area (Å²) in [4.78, 5) is 17.1. The highest BCUT2D eigenvalue weighted by Crippen LogP contribution is 2.41. The fourth-order valence-corrected chi connectivity index (χ4v) is 4.53. The Morgan fingerprint density at radius 1 is 1.17 bits per heavy atom. The van der Waals surface area contributed by atoms with Gasteiger partial charge in [-0.05, 0) is 54.3 Å². The zero-order chi connectivity index (χ0) is 25.1. The first-order valence-electron chi connectivity index (χ1n) is 11.5. The van der Waals surface area contributed by atoms with Gasteiger partial charge in [0.1, 0.15) is 7.11 Å². The van der Waals surface area contributed by atoms with Gasteiger partial charge < -0.3 is 5.11 Å². The van der Waals surface area contributed by atoms with Crippen molar-refractivity contribution in [2.45, 2.75) is 25.2 Å². The summed E-state index contributed by atoms with van der Waals surface area (Å²) in [6.45, 7) is 0.326. The first-order chi connectivity index (χ1) is 16.8. The number of carboxylic acids is 1. The van der Waals surface area contributed by atoms with Crippen LogP contribution in [0.1, 0.15) is 46.8 Å². The number of hydrazine groups is 2. The molecule has 9 heteroatoms. The fourth-order valence-electron chi connectivity index (χ4n) is 4.36. The zero-order valence-electron chi connectivity index (χ0n) is 19.9. The minimum absolute atomic E-state index is 0.0649. The Labute approximate surface area is 210 Å². The molecule has 1 saturated carbocycles. The molecule has 0 saturated heterocycles. The van der Waals surface area contributed by atoms with E-state index in [9.17, 15) is 9.90 Å². The Morgan fingerprint density at radius 2 is 1.89 bits per heavy atom. The predicted octanol–water partition coefficient (Wildman–Crippen LogP) is 3.43. The largest absolute Gasteiger partial charge is 0.478 e. The number of anilines is 1. The van der Waals surface area contributed by atoms with Crippen molar-refractivity contribution in [3.63, 3.8) is 0 Å². The van der Waals surface area contributed by atoms with E-state index in [4.69, 9.17) is 28.1 Å². The molecule has 8 nitrogen and oxygen atoms in total. The van der Waals surface area contributed by atoms with Crippen LogP contribution in [0.5, 0.6) is 0 Å². The standard InChI is InChI=1S/C26H30ClN5O3/c1-30(28)16-31(29)24-12-10-21(27)14-23(24)20-9-11-25(32(15-20)35-2)22(13-17-3-4-17)18-5-7-19(8-6-18)26(33)34/h5-12,14-15,17,22H,3-4,13,16,28-29H2,1-2H3/p+1/t22-/m1/s1. The van der Waals surface area contributed by atoms with Crippen molar-refractivity contribution < 1.29 is 19.5 Å². The van der Waals surface area contributed by atoms with Gasteiger partial charge in [0.25, 0.3) is 0 Å². The molecule has 1 atom stereocenters. The number of pyridine rings is 1. The van der Waals surface area contributed by atoms with E-state index in [0.717, 1.165) is 34.5 Å². The number of nitrogens with two attached hydrogens (primary N) is 2. The number of hydrogen-bond donors (Lipinski definition) is 3. The summed E-state index contributed by atoms with van der Waals surface area (Å²) < 4.78 is 1.77. The van der Waals surface area contributed by atoms with E-state index in [1.165, 1.54) is 17.9 Å². The lowest BCUT2D eigenvalue weighted by atomic mass is 9.89. The van der Waals surface area contributed by atoms with E-state index in [1.807, 2.05) is 36.5 Å². The summed E-state index contributed by atoms with van der Waals surface area (Å²) in [5, 5.41) is 12.9. The number of hydrogen-bond acceptors (Lipinski definition) is 6. The Bertz CT molecular complexity index is 1200. The molecule has 5 N–H and O–H groups in total. The predicted molar refractivity (Wildman–Crippen MR) is 136 cm³/mol. The van der Waals surface area contributed by atoms with Crippen LogP contribution in [-0.2, 0) is 0 Å². The third-order valence-corrected chi connectivity index (χ3v) is 6.51. The monoisotopic (exact) mass is 496 g/mol. The summed E-state index contributed by atoms with van der Waals surface area (Å²) >= 11 is 6.34. The molecular weight excluding hydrogens is 466 g/mol. The third kappa shape index (κ3) is 5.91. The molecular formula is C26H31ClN5O3+. The lowest BCUT2D eigenvalue weighted by Crippen LogP contribution is -2.46. The van der Waals surface area contributed by atoms with E-state index in [1.54, 1.807) is 42.1 Å². The molecule has 1 aliphatic carbocycles. The van der Waals surface area contributed by atoms with Crippen LogP contribution in [0.3, 0.4) is 0 Å². The van der Waals surface area contributed by atoms with Crippen LogP contribution in [0.25, 0.3) is 11.1 Å². The summed E-state index contributed by atoms with van der Waals surface area (Å²) in [7, 11) is 3.37. The minimum Gasteiger partial charge on any atom is -0.478 e. The molecule has 0 unspecified atom stereocenters. The van der Waals surface area contributed by atoms with Crippen LogP contribution < -0.4 is 26.3 Å². The van der Waals surface area contributed by atoms with Gasteiger partial charge in [-0.25, -0.2) is 15.6 Å². The quantitative estimate of drug-likeness (QED) is 0.171. The maximum absolute atomic E-state index is 11.3. The van der Waals surface area contributed by atoms with Gasteiger partial charge in [0, 0.05) is 28.4 Å². The number of rotatable bonds is 10. The number of nitrogens with zero attached hydrogens (tertiary/aromatic N) is 3. The van der Waals surface area contributed by atoms with Crippen LogP contribution in [0.4, 0.5) is 5.69 Å². The summed E-state index contributed by atoms with van der Waals surface area (Å²) in [5.74, 6) is 11.9. The van der Waals surface area contributed by atoms with Crippen molar-refractivity contribution in [2.24, 2.45) is 17.6 Å². The van der Waals surface area contributed by atoms with Gasteiger partial charge in [-0.2, -0.15) is 0 Å². The molecule has 1 aliphatic rings. The average Bonchev–Trinajstić information content (AvgIpc) is 3.66. The van der Waals surface area contributed by atoms with Gasteiger partial charge in [-0.15, -0.1) is 0 Å². The molecule has 0 bridgehead atoms. The maximum Gasteiger partial charge on any atom is 0.335 e. The molecule has 35 heavy (non-hydrogen) atoms. The van der Waals surface area contributed by atoms with Gasteiger partial charge >= 0.3 is 5.97 Å². The Kier molecular flexibility index (Phi) is 7.57. The molecule has 2 aromatic carbocycles. The van der Waals surface area contributed by atoms with Crippen molar-refractivity contribution in [1.82, 2.24) is 5.01 Å². The SMILES string of the molecule is CO[n+]1cc(-c2cc(Cl)ccc2N(N)CN(C)N)ccc1[C@H](CC1CC1)c1ccc(C(=O)O)cc1. The molecule has 184 valence electrons. The van der Waals surface area contributed by atoms with Crippen molar-refractivity contribution >= 4 is 23.3 Å². The average molecular weight is 497 g/mol. The molecule has 0 aliphatic heterocycles. The fraction of sp³-hybridized carbons (Fsp3) is 0.308. The highest BCUT2D eigenvalue weighted by atomic mass is 35.5. The molecule has 4 rings (SSSR count). The Morgan fingerprint density at radius 3 is 2.49 bits per heavy atom. The van der Waals surface area contributed by atoms with E-state index < -0.39 is 5.97 Å². The number of aromatic nitrogens is 1. The van der Waals surface area contributed by atoms with Crippen LogP contribution in [0.15, 0.2) is 60.8 Å². The van der Waals surface area contributed by atoms with Crippen molar-refractivity contribution in [1.29, 1.82) is 0 Å². The van der Waals surface area contributed by atoms with Gasteiger partial charge in [-0.3, -0.25) is 15.7 Å². The van der Waals surface area contributed by atoms with E-state index in [2.05, 4.69) is 6.07 Å². The number of benzene rings is 2. The lowest BCUT2D eigenvalue weighted by molar-refractivity contribution is -0.890.